The van der Waals surface area contributed by atoms with Crippen LogP contribution in [0.1, 0.15) is 19.4 Å². The van der Waals surface area contributed by atoms with Gasteiger partial charge in [-0.05, 0) is 43.3 Å². The number of nitro benzene ring substituents is 1. The number of hydrogen-bond donors (Lipinski definition) is 2. The van der Waals surface area contributed by atoms with Crippen molar-refractivity contribution in [3.63, 3.8) is 0 Å². The molecular formula is C20H19N3O6. The molecule has 2 aromatic carbocycles. The molecule has 0 spiro atoms. The van der Waals surface area contributed by atoms with Crippen LogP contribution in [0.25, 0.3) is 6.08 Å². The van der Waals surface area contributed by atoms with Crippen LogP contribution < -0.4 is 15.4 Å². The number of carbonyl (C=O) groups is 2. The topological polar surface area (TPSA) is 120 Å². The fourth-order valence-electron chi connectivity index (χ4n) is 2.68. The molecule has 0 saturated heterocycles. The molecular weight excluding hydrogens is 378 g/mol. The van der Waals surface area contributed by atoms with Gasteiger partial charge >= 0.3 is 12.0 Å². The van der Waals surface area contributed by atoms with Crippen LogP contribution in [0.5, 0.6) is 5.75 Å². The van der Waals surface area contributed by atoms with Gasteiger partial charge in [-0.25, -0.2) is 4.79 Å². The smallest absolute Gasteiger partial charge is 0.323 e. The van der Waals surface area contributed by atoms with Crippen molar-refractivity contribution in [3.8, 4) is 5.75 Å². The highest BCUT2D eigenvalue weighted by atomic mass is 16.6. The summed E-state index contributed by atoms with van der Waals surface area (Å²) in [6, 6.07) is 10.2. The van der Waals surface area contributed by atoms with Crippen molar-refractivity contribution >= 4 is 35.1 Å². The molecule has 150 valence electrons. The minimum absolute atomic E-state index is 0.0573. The zero-order valence-corrected chi connectivity index (χ0v) is 15.8. The second kappa shape index (κ2) is 8.01. The molecule has 9 heteroatoms. The standard InChI is InChI=1S/C20H19N3O6/c1-13(24)28-12-20(2)10-9-14-11-16(5-8-18(14)29-20)22-19(25)21-15-3-6-17(7-4-15)23(26)27/h3-11H,12H2,1-2H3,(H2,21,22,25). The number of ether oxygens (including phenoxy) is 2. The van der Waals surface area contributed by atoms with Crippen LogP contribution in [0.3, 0.4) is 0 Å². The second-order valence-corrected chi connectivity index (χ2v) is 6.66. The number of non-ortho nitro benzene ring substituents is 1. The van der Waals surface area contributed by atoms with Gasteiger partial charge in [-0.2, -0.15) is 0 Å². The summed E-state index contributed by atoms with van der Waals surface area (Å²) in [4.78, 5) is 33.3. The molecule has 29 heavy (non-hydrogen) atoms. The largest absolute Gasteiger partial charge is 0.479 e. The van der Waals surface area contributed by atoms with Crippen LogP contribution in [0, 0.1) is 10.1 Å². The van der Waals surface area contributed by atoms with Gasteiger partial charge in [-0.1, -0.05) is 6.08 Å². The summed E-state index contributed by atoms with van der Waals surface area (Å²) in [5.41, 5.74) is 0.910. The normalized spacial score (nSPS) is 16.9. The highest BCUT2D eigenvalue weighted by molar-refractivity contribution is 6.00. The summed E-state index contributed by atoms with van der Waals surface area (Å²) in [5, 5.41) is 16.0. The maximum Gasteiger partial charge on any atom is 0.323 e. The molecule has 1 aliphatic heterocycles. The van der Waals surface area contributed by atoms with E-state index in [1.165, 1.54) is 31.2 Å². The van der Waals surface area contributed by atoms with Crippen LogP contribution in [0.4, 0.5) is 21.9 Å². The zero-order valence-electron chi connectivity index (χ0n) is 15.8. The maximum atomic E-state index is 12.2. The molecule has 1 aliphatic rings. The molecule has 1 atom stereocenters. The van der Waals surface area contributed by atoms with Gasteiger partial charge < -0.3 is 20.1 Å². The van der Waals surface area contributed by atoms with Crippen molar-refractivity contribution in [3.05, 3.63) is 64.2 Å². The van der Waals surface area contributed by atoms with Crippen LogP contribution in [-0.2, 0) is 9.53 Å². The Morgan fingerprint density at radius 3 is 2.45 bits per heavy atom. The molecule has 1 heterocycles. The monoisotopic (exact) mass is 397 g/mol. The van der Waals surface area contributed by atoms with Crippen LogP contribution in [-0.4, -0.2) is 29.1 Å². The Morgan fingerprint density at radius 2 is 1.79 bits per heavy atom. The molecule has 1 unspecified atom stereocenters. The van der Waals surface area contributed by atoms with E-state index in [4.69, 9.17) is 9.47 Å². The number of anilines is 2. The summed E-state index contributed by atoms with van der Waals surface area (Å²) in [6.07, 6.45) is 3.63. The van der Waals surface area contributed by atoms with E-state index in [0.717, 1.165) is 5.56 Å². The Kier molecular flexibility index (Phi) is 5.49. The van der Waals surface area contributed by atoms with Crippen molar-refractivity contribution in [2.24, 2.45) is 0 Å². The third-order valence-electron chi connectivity index (χ3n) is 4.12. The Bertz CT molecular complexity index is 986. The van der Waals surface area contributed by atoms with Gasteiger partial charge in [0.05, 0.1) is 4.92 Å². The first-order valence-corrected chi connectivity index (χ1v) is 8.72. The van der Waals surface area contributed by atoms with Crippen molar-refractivity contribution < 1.29 is 24.0 Å². The molecule has 2 amide bonds. The van der Waals surface area contributed by atoms with Gasteiger partial charge in [0, 0.05) is 36.0 Å². The summed E-state index contributed by atoms with van der Waals surface area (Å²) in [5.74, 6) is 0.219. The maximum absolute atomic E-state index is 12.2. The van der Waals surface area contributed by atoms with Gasteiger partial charge in [0.25, 0.3) is 5.69 Å². The van der Waals surface area contributed by atoms with E-state index in [1.54, 1.807) is 31.2 Å². The Hall–Kier alpha value is -3.88. The molecule has 0 aromatic heterocycles. The average molecular weight is 397 g/mol. The van der Waals surface area contributed by atoms with Crippen molar-refractivity contribution in [2.75, 3.05) is 17.2 Å². The van der Waals surface area contributed by atoms with Crippen molar-refractivity contribution in [2.45, 2.75) is 19.4 Å². The molecule has 0 fully saturated rings. The second-order valence-electron chi connectivity index (χ2n) is 6.66. The Labute approximate surface area is 166 Å². The third-order valence-corrected chi connectivity index (χ3v) is 4.12. The quantitative estimate of drug-likeness (QED) is 0.448. The van der Waals surface area contributed by atoms with E-state index in [2.05, 4.69) is 10.6 Å². The molecule has 0 bridgehead atoms. The zero-order chi connectivity index (χ0) is 21.0. The highest BCUT2D eigenvalue weighted by Gasteiger charge is 2.29. The minimum atomic E-state index is -0.763. The number of hydrogen-bond acceptors (Lipinski definition) is 6. The number of amides is 2. The summed E-state index contributed by atoms with van der Waals surface area (Å²) in [7, 11) is 0. The first kappa shape index (κ1) is 19.9. The van der Waals surface area contributed by atoms with Gasteiger partial charge in [-0.3, -0.25) is 14.9 Å². The summed E-state index contributed by atoms with van der Waals surface area (Å²) in [6.45, 7) is 3.23. The minimum Gasteiger partial charge on any atom is -0.479 e. The first-order chi connectivity index (χ1) is 13.7. The Morgan fingerprint density at radius 1 is 1.14 bits per heavy atom. The summed E-state index contributed by atoms with van der Waals surface area (Å²) >= 11 is 0. The van der Waals surface area contributed by atoms with Gasteiger partial charge in [0.1, 0.15) is 12.4 Å². The predicted octanol–water partition coefficient (Wildman–Crippen LogP) is 3.97. The van der Waals surface area contributed by atoms with Crippen molar-refractivity contribution in [1.82, 2.24) is 0 Å². The lowest BCUT2D eigenvalue weighted by atomic mass is 10.0. The van der Waals surface area contributed by atoms with Crippen LogP contribution in [0.15, 0.2) is 48.5 Å². The molecule has 0 saturated carbocycles. The fourth-order valence-corrected chi connectivity index (χ4v) is 2.68. The lowest BCUT2D eigenvalue weighted by Crippen LogP contribution is -2.37. The lowest BCUT2D eigenvalue weighted by molar-refractivity contribution is -0.384. The number of fused-ring (bicyclic) bond motifs is 1. The van der Waals surface area contributed by atoms with Crippen LogP contribution >= 0.6 is 0 Å². The molecule has 2 N–H and O–H groups in total. The lowest BCUT2D eigenvalue weighted by Gasteiger charge is -2.31. The fraction of sp³-hybridized carbons (Fsp3) is 0.200. The molecule has 2 aromatic rings. The number of nitro groups is 1. The van der Waals surface area contributed by atoms with E-state index < -0.39 is 16.6 Å². The van der Waals surface area contributed by atoms with E-state index in [1.807, 2.05) is 6.08 Å². The van der Waals surface area contributed by atoms with E-state index >= 15 is 0 Å². The van der Waals surface area contributed by atoms with Gasteiger partial charge in [0.2, 0.25) is 0 Å². The molecule has 3 rings (SSSR count). The molecule has 9 nitrogen and oxygen atoms in total. The average Bonchev–Trinajstić information content (AvgIpc) is 2.67. The van der Waals surface area contributed by atoms with E-state index in [9.17, 15) is 19.7 Å². The van der Waals surface area contributed by atoms with E-state index in [0.29, 0.717) is 17.1 Å². The summed E-state index contributed by atoms with van der Waals surface area (Å²) < 4.78 is 10.9. The number of carbonyl (C=O) groups excluding carboxylic acids is 2. The third kappa shape index (κ3) is 5.10. The molecule has 0 radical (unpaired) electrons. The van der Waals surface area contributed by atoms with Gasteiger partial charge in [-0.15, -0.1) is 0 Å². The SMILES string of the molecule is CC(=O)OCC1(C)C=Cc2cc(NC(=O)Nc3ccc([N+](=O)[O-])cc3)ccc2O1. The highest BCUT2D eigenvalue weighted by Crippen LogP contribution is 2.33. The predicted molar refractivity (Wildman–Crippen MR) is 107 cm³/mol. The van der Waals surface area contributed by atoms with E-state index in [-0.39, 0.29) is 18.3 Å². The first-order valence-electron chi connectivity index (χ1n) is 8.72. The van der Waals surface area contributed by atoms with Gasteiger partial charge in [0.15, 0.2) is 5.60 Å². The number of esters is 1. The number of rotatable bonds is 5. The number of nitrogens with one attached hydrogen (secondary N) is 2. The number of urea groups is 1. The number of benzene rings is 2. The molecule has 0 aliphatic carbocycles. The number of nitrogens with zero attached hydrogens (tertiary/aromatic N) is 1. The van der Waals surface area contributed by atoms with Crippen LogP contribution in [0.2, 0.25) is 0 Å². The Balaban J connectivity index is 1.63. The van der Waals surface area contributed by atoms with Crippen molar-refractivity contribution in [1.29, 1.82) is 0 Å².